The van der Waals surface area contributed by atoms with Crippen molar-refractivity contribution in [1.82, 2.24) is 0 Å². The Morgan fingerprint density at radius 2 is 1.30 bits per heavy atom. The third-order valence-corrected chi connectivity index (χ3v) is 9.07. The summed E-state index contributed by atoms with van der Waals surface area (Å²) in [5.74, 6) is -4.01. The fourth-order valence-electron chi connectivity index (χ4n) is 6.53. The highest BCUT2D eigenvalue weighted by Crippen LogP contribution is 2.47. The second-order valence-electron chi connectivity index (χ2n) is 12.3. The van der Waals surface area contributed by atoms with Crippen LogP contribution in [-0.2, 0) is 33.8 Å². The number of hydrogen-bond acceptors (Lipinski definition) is 5. The number of carbonyl (C=O) groups is 3. The van der Waals surface area contributed by atoms with Gasteiger partial charge in [-0.15, -0.1) is 0 Å². The number of benzene rings is 4. The van der Waals surface area contributed by atoms with Crippen LogP contribution in [0.5, 0.6) is 5.75 Å². The number of rotatable bonds is 10. The van der Waals surface area contributed by atoms with Crippen molar-refractivity contribution in [2.75, 3.05) is 10.6 Å². The quantitative estimate of drug-likeness (QED) is 0.166. The summed E-state index contributed by atoms with van der Waals surface area (Å²) in [6, 6.07) is 30.1. The predicted octanol–water partition coefficient (Wildman–Crippen LogP) is 7.02. The molecule has 0 saturated heterocycles. The maximum absolute atomic E-state index is 14.2. The summed E-state index contributed by atoms with van der Waals surface area (Å²) in [6.07, 6.45) is 1.06. The fraction of sp³-hybridized carbons (Fsp3) is 0.308. The van der Waals surface area contributed by atoms with Crippen LogP contribution in [0.25, 0.3) is 0 Å². The van der Waals surface area contributed by atoms with Gasteiger partial charge in [0.25, 0.3) is 0 Å². The van der Waals surface area contributed by atoms with Crippen LogP contribution in [-0.4, -0.2) is 28.3 Å². The van der Waals surface area contributed by atoms with E-state index in [2.05, 4.69) is 10.6 Å². The normalized spacial score (nSPS) is 21.0. The van der Waals surface area contributed by atoms with Crippen LogP contribution in [0, 0.1) is 18.8 Å². The van der Waals surface area contributed by atoms with Crippen molar-refractivity contribution < 1.29 is 24.2 Å². The van der Waals surface area contributed by atoms with Crippen molar-refractivity contribution in [2.45, 2.75) is 65.1 Å². The van der Waals surface area contributed by atoms with E-state index in [4.69, 9.17) is 4.74 Å². The lowest BCUT2D eigenvalue weighted by atomic mass is 9.61. The monoisotopic (exact) mass is 618 g/mol. The summed E-state index contributed by atoms with van der Waals surface area (Å²) < 4.78 is 6.06. The van der Waals surface area contributed by atoms with Crippen molar-refractivity contribution in [2.24, 2.45) is 11.8 Å². The molecule has 1 aliphatic rings. The lowest BCUT2D eigenvalue weighted by molar-refractivity contribution is -0.150. The second kappa shape index (κ2) is 14.1. The Kier molecular flexibility index (Phi) is 10.0. The molecule has 4 aromatic rings. The number of para-hydroxylation sites is 2. The standard InChI is InChI=1S/C39H42N2O5/c1-5-26-14-9-11-17-31(26)40-37(43)35-33(42)23-39(4,45)36(38(44)41-32-18-12-10-15-27(32)6-2)34(35)28-19-21-30(22-20-28)46-24-29-16-8-7-13-25(29)3/h7-22,34-36,45H,5-6,23-24H2,1-4H3,(H,40,43)(H,41,44). The summed E-state index contributed by atoms with van der Waals surface area (Å²) in [5.41, 5.74) is 4.21. The van der Waals surface area contributed by atoms with Crippen LogP contribution in [0.1, 0.15) is 60.9 Å². The Bertz CT molecular complexity index is 1710. The predicted molar refractivity (Wildman–Crippen MR) is 181 cm³/mol. The molecule has 3 N–H and O–H groups in total. The smallest absolute Gasteiger partial charge is 0.235 e. The number of carbonyl (C=O) groups excluding carboxylic acids is 3. The van der Waals surface area contributed by atoms with E-state index in [0.29, 0.717) is 42.1 Å². The first-order chi connectivity index (χ1) is 22.1. The molecule has 4 atom stereocenters. The van der Waals surface area contributed by atoms with Crippen molar-refractivity contribution in [1.29, 1.82) is 0 Å². The topological polar surface area (TPSA) is 105 Å². The largest absolute Gasteiger partial charge is 0.489 e. The van der Waals surface area contributed by atoms with Gasteiger partial charge < -0.3 is 20.5 Å². The molecule has 2 amide bonds. The minimum atomic E-state index is -1.70. The molecule has 7 heteroatoms. The SMILES string of the molecule is CCc1ccccc1NC(=O)C1C(=O)CC(C)(O)C(C(=O)Nc2ccccc2CC)C1c1ccc(OCc2ccccc2C)cc1. The highest BCUT2D eigenvalue weighted by Gasteiger charge is 2.56. The minimum absolute atomic E-state index is 0.331. The van der Waals surface area contributed by atoms with E-state index >= 15 is 0 Å². The van der Waals surface area contributed by atoms with Gasteiger partial charge in [-0.25, -0.2) is 0 Å². The molecule has 4 aromatic carbocycles. The molecular formula is C39H42N2O5. The first kappa shape index (κ1) is 32.6. The Morgan fingerprint density at radius 1 is 0.783 bits per heavy atom. The van der Waals surface area contributed by atoms with Gasteiger partial charge in [0, 0.05) is 23.7 Å². The number of Topliss-reactive ketones (excluding diaryl/α,β-unsaturated/α-hetero) is 1. The molecule has 1 aliphatic carbocycles. The van der Waals surface area contributed by atoms with Crippen LogP contribution in [0.4, 0.5) is 11.4 Å². The zero-order chi connectivity index (χ0) is 32.8. The molecule has 0 heterocycles. The van der Waals surface area contributed by atoms with E-state index in [1.807, 2.05) is 93.6 Å². The van der Waals surface area contributed by atoms with Crippen molar-refractivity contribution >= 4 is 29.0 Å². The number of aliphatic hydroxyl groups is 1. The molecule has 46 heavy (non-hydrogen) atoms. The number of ether oxygens (including phenoxy) is 1. The van der Waals surface area contributed by atoms with Gasteiger partial charge in [0.2, 0.25) is 11.8 Å². The molecule has 0 radical (unpaired) electrons. The summed E-state index contributed by atoms with van der Waals surface area (Å²) in [4.78, 5) is 42.0. The van der Waals surface area contributed by atoms with Crippen molar-refractivity contribution in [3.63, 3.8) is 0 Å². The lowest BCUT2D eigenvalue weighted by Crippen LogP contribution is -2.56. The van der Waals surface area contributed by atoms with Gasteiger partial charge in [-0.2, -0.15) is 0 Å². The van der Waals surface area contributed by atoms with E-state index in [9.17, 15) is 19.5 Å². The average molecular weight is 619 g/mol. The van der Waals surface area contributed by atoms with E-state index in [-0.39, 0.29) is 6.42 Å². The molecule has 1 fully saturated rings. The van der Waals surface area contributed by atoms with Gasteiger partial charge in [0.05, 0.1) is 11.5 Å². The van der Waals surface area contributed by atoms with E-state index in [1.165, 1.54) is 6.92 Å². The highest BCUT2D eigenvalue weighted by molar-refractivity contribution is 6.10. The van der Waals surface area contributed by atoms with Crippen molar-refractivity contribution in [3.8, 4) is 5.75 Å². The van der Waals surface area contributed by atoms with E-state index in [0.717, 1.165) is 22.3 Å². The number of hydrogen-bond donors (Lipinski definition) is 3. The van der Waals surface area contributed by atoms with Crippen LogP contribution < -0.4 is 15.4 Å². The Hall–Kier alpha value is -4.75. The number of anilines is 2. The molecule has 4 unspecified atom stereocenters. The average Bonchev–Trinajstić information content (AvgIpc) is 3.04. The number of amides is 2. The zero-order valence-corrected chi connectivity index (χ0v) is 26.9. The molecule has 5 rings (SSSR count). The molecule has 0 spiro atoms. The number of nitrogens with one attached hydrogen (secondary N) is 2. The third kappa shape index (κ3) is 7.05. The van der Waals surface area contributed by atoms with Crippen LogP contribution >= 0.6 is 0 Å². The van der Waals surface area contributed by atoms with Gasteiger partial charge in [0.15, 0.2) is 0 Å². The molecular weight excluding hydrogens is 576 g/mol. The Labute approximate surface area is 271 Å². The summed E-state index contributed by atoms with van der Waals surface area (Å²) in [5, 5.41) is 17.7. The van der Waals surface area contributed by atoms with Crippen LogP contribution in [0.2, 0.25) is 0 Å². The molecule has 1 saturated carbocycles. The number of ketones is 1. The van der Waals surface area contributed by atoms with Gasteiger partial charge >= 0.3 is 0 Å². The molecule has 7 nitrogen and oxygen atoms in total. The second-order valence-corrected chi connectivity index (χ2v) is 12.3. The Morgan fingerprint density at radius 3 is 1.87 bits per heavy atom. The van der Waals surface area contributed by atoms with Gasteiger partial charge in [-0.1, -0.05) is 86.6 Å². The fourth-order valence-corrected chi connectivity index (χ4v) is 6.53. The first-order valence-electron chi connectivity index (χ1n) is 15.9. The highest BCUT2D eigenvalue weighted by atomic mass is 16.5. The molecule has 0 bridgehead atoms. The van der Waals surface area contributed by atoms with Crippen molar-refractivity contribution in [3.05, 3.63) is 125 Å². The van der Waals surface area contributed by atoms with Gasteiger partial charge in [0.1, 0.15) is 24.1 Å². The van der Waals surface area contributed by atoms with Crippen LogP contribution in [0.3, 0.4) is 0 Å². The molecule has 0 aromatic heterocycles. The van der Waals surface area contributed by atoms with E-state index in [1.54, 1.807) is 24.3 Å². The number of aryl methyl sites for hydroxylation is 3. The van der Waals surface area contributed by atoms with Crippen LogP contribution in [0.15, 0.2) is 97.1 Å². The maximum Gasteiger partial charge on any atom is 0.235 e. The molecule has 238 valence electrons. The Balaban J connectivity index is 1.52. The molecule has 0 aliphatic heterocycles. The zero-order valence-electron chi connectivity index (χ0n) is 26.9. The third-order valence-electron chi connectivity index (χ3n) is 9.07. The summed E-state index contributed by atoms with van der Waals surface area (Å²) in [6.45, 7) is 7.91. The minimum Gasteiger partial charge on any atom is -0.489 e. The van der Waals surface area contributed by atoms with Gasteiger partial charge in [-0.05, 0) is 78.8 Å². The maximum atomic E-state index is 14.2. The first-order valence-corrected chi connectivity index (χ1v) is 15.9. The summed E-state index contributed by atoms with van der Waals surface area (Å²) in [7, 11) is 0. The lowest BCUT2D eigenvalue weighted by Gasteiger charge is -2.44. The summed E-state index contributed by atoms with van der Waals surface area (Å²) >= 11 is 0. The van der Waals surface area contributed by atoms with E-state index < -0.39 is 41.0 Å². The van der Waals surface area contributed by atoms with Gasteiger partial charge in [-0.3, -0.25) is 14.4 Å².